The summed E-state index contributed by atoms with van der Waals surface area (Å²) < 4.78 is 43.3. The summed E-state index contributed by atoms with van der Waals surface area (Å²) in [6, 6.07) is 0. The largest absolute Gasteiger partial charge is 0.394 e. The Hall–Kier alpha value is -1.53. The summed E-state index contributed by atoms with van der Waals surface area (Å²) >= 11 is 0. The second-order valence-corrected chi connectivity index (χ2v) is 12.1. The van der Waals surface area contributed by atoms with Crippen molar-refractivity contribution in [2.24, 2.45) is 5.11 Å². The Morgan fingerprint density at radius 1 is 0.440 bits per heavy atom. The summed E-state index contributed by atoms with van der Waals surface area (Å²) in [6.45, 7) is -3.03. The average Bonchev–Trinajstić information content (AvgIpc) is 3.11. The number of ether oxygens (including phenoxy) is 8. The fraction of sp³-hybridized carbons (Fsp3) is 1.00. The molecule has 0 saturated carbocycles. The highest BCUT2D eigenvalue weighted by Gasteiger charge is 2.50. The van der Waals surface area contributed by atoms with Crippen LogP contribution in [0.4, 0.5) is 0 Å². The first-order valence-electron chi connectivity index (χ1n) is 15.6. The molecule has 4 fully saturated rings. The number of nitrogens with zero attached hydrogens (tertiary/aromatic N) is 3. The van der Waals surface area contributed by atoms with Crippen LogP contribution in [0.2, 0.25) is 0 Å². The molecule has 24 heteroatoms. The van der Waals surface area contributed by atoms with Gasteiger partial charge in [0.2, 0.25) is 0 Å². The zero-order valence-electron chi connectivity index (χ0n) is 26.2. The van der Waals surface area contributed by atoms with E-state index in [1.807, 2.05) is 0 Å². The van der Waals surface area contributed by atoms with Crippen LogP contribution < -0.4 is 0 Å². The Balaban J connectivity index is 1.33. The van der Waals surface area contributed by atoms with Crippen molar-refractivity contribution in [2.75, 3.05) is 39.6 Å². The number of hydrogen-bond donors (Lipinski definition) is 13. The van der Waals surface area contributed by atoms with Gasteiger partial charge in [-0.1, -0.05) is 5.11 Å². The first-order valence-corrected chi connectivity index (χ1v) is 15.6. The number of rotatable bonds is 14. The minimum Gasteiger partial charge on any atom is -0.394 e. The van der Waals surface area contributed by atoms with E-state index in [1.165, 1.54) is 0 Å². The van der Waals surface area contributed by atoms with E-state index in [9.17, 15) is 66.4 Å². The van der Waals surface area contributed by atoms with E-state index in [1.54, 1.807) is 0 Å². The van der Waals surface area contributed by atoms with Crippen LogP contribution in [0.15, 0.2) is 5.11 Å². The summed E-state index contributed by atoms with van der Waals surface area (Å²) in [4.78, 5) is 2.54. The maximum Gasteiger partial charge on any atom is 0.186 e. The van der Waals surface area contributed by atoms with E-state index < -0.39 is 149 Å². The van der Waals surface area contributed by atoms with Gasteiger partial charge in [-0.3, -0.25) is 0 Å². The Labute approximate surface area is 282 Å². The van der Waals surface area contributed by atoms with Gasteiger partial charge in [-0.15, -0.1) is 0 Å². The van der Waals surface area contributed by atoms with Crippen molar-refractivity contribution in [3.8, 4) is 0 Å². The Morgan fingerprint density at radius 2 is 0.740 bits per heavy atom. The molecule has 0 aromatic carbocycles. The van der Waals surface area contributed by atoms with Crippen LogP contribution in [0, 0.1) is 0 Å². The second-order valence-electron chi connectivity index (χ2n) is 12.1. The van der Waals surface area contributed by atoms with Crippen LogP contribution in [-0.4, -0.2) is 229 Å². The van der Waals surface area contributed by atoms with E-state index in [4.69, 9.17) is 43.4 Å². The third-order valence-corrected chi connectivity index (χ3v) is 8.66. The second kappa shape index (κ2) is 18.5. The van der Waals surface area contributed by atoms with Gasteiger partial charge in [-0.05, 0) is 5.53 Å². The number of hydrogen-bond acceptors (Lipinski definition) is 22. The number of aliphatic hydroxyl groups excluding tert-OH is 13. The summed E-state index contributed by atoms with van der Waals surface area (Å²) in [7, 11) is 0. The minimum atomic E-state index is -1.90. The number of azide groups is 1. The topological polar surface area (TPSA) is 386 Å². The summed E-state index contributed by atoms with van der Waals surface area (Å²) in [5.74, 6) is 0. The minimum absolute atomic E-state index is 0.131. The van der Waals surface area contributed by atoms with E-state index in [2.05, 4.69) is 10.0 Å². The van der Waals surface area contributed by atoms with E-state index >= 15 is 0 Å². The highest BCUT2D eigenvalue weighted by Crippen LogP contribution is 2.29. The molecule has 3 unspecified atom stereocenters. The average molecular weight is 736 g/mol. The van der Waals surface area contributed by atoms with Crippen molar-refractivity contribution in [2.45, 2.75) is 123 Å². The summed E-state index contributed by atoms with van der Waals surface area (Å²) in [6.07, 6.45) is -33.7. The fourth-order valence-corrected chi connectivity index (χ4v) is 5.60. The predicted octanol–water partition coefficient (Wildman–Crippen LogP) is -8.41. The van der Waals surface area contributed by atoms with Crippen LogP contribution in [0.25, 0.3) is 10.4 Å². The van der Waals surface area contributed by atoms with E-state index in [0.29, 0.717) is 0 Å². The van der Waals surface area contributed by atoms with Crippen molar-refractivity contribution in [3.05, 3.63) is 10.4 Å². The van der Waals surface area contributed by atoms with Crippen molar-refractivity contribution in [3.63, 3.8) is 0 Å². The quantitative estimate of drug-likeness (QED) is 0.0341. The lowest BCUT2D eigenvalue weighted by Crippen LogP contribution is -2.63. The predicted molar refractivity (Wildman–Crippen MR) is 152 cm³/mol. The maximum absolute atomic E-state index is 10.5. The smallest absolute Gasteiger partial charge is 0.186 e. The van der Waals surface area contributed by atoms with Crippen LogP contribution >= 0.6 is 0 Å². The van der Waals surface area contributed by atoms with Gasteiger partial charge in [0.05, 0.1) is 33.0 Å². The lowest BCUT2D eigenvalue weighted by Gasteiger charge is -2.44. The molecule has 0 bridgehead atoms. The van der Waals surface area contributed by atoms with Gasteiger partial charge in [-0.25, -0.2) is 0 Å². The molecule has 20 atom stereocenters. The van der Waals surface area contributed by atoms with E-state index in [0.717, 1.165) is 0 Å². The highest BCUT2D eigenvalue weighted by molar-refractivity contribution is 4.94. The molecular weight excluding hydrogens is 690 g/mol. The molecule has 290 valence electrons. The summed E-state index contributed by atoms with van der Waals surface area (Å²) in [5, 5.41) is 136. The normalized spacial score (nSPS) is 48.6. The molecule has 0 aromatic rings. The molecule has 0 spiro atoms. The first-order chi connectivity index (χ1) is 23.7. The maximum atomic E-state index is 10.5. The molecule has 4 rings (SSSR count). The standard InChI is InChI=1S/C26H45N3O21/c27-29-28-1-2-43-23-19(39)16(36)12(32)8(48-23)4-45-25-21(41)18(38)14(34)10(50-25)6-46-26-22(42)17(37)13(33)9(49-26)5-44-24-20(40)15(35)11(31)7(3-30)47-24/h7-26,30-42H,1-6H2/t7?,8?,9-,10?,11-,12-,13-,14-,15+,16+,17+,18+,19-,20-,21-,22-,23-,24-,25-,26-/m1/s1. The molecule has 13 N–H and O–H groups in total. The van der Waals surface area contributed by atoms with Crippen LogP contribution in [0.3, 0.4) is 0 Å². The van der Waals surface area contributed by atoms with Crippen LogP contribution in [0.5, 0.6) is 0 Å². The third-order valence-electron chi connectivity index (χ3n) is 8.66. The van der Waals surface area contributed by atoms with Crippen LogP contribution in [-0.2, 0) is 37.9 Å². The molecule has 0 aromatic heterocycles. The molecule has 0 amide bonds. The lowest BCUT2D eigenvalue weighted by atomic mass is 9.98. The molecule has 24 nitrogen and oxygen atoms in total. The lowest BCUT2D eigenvalue weighted by molar-refractivity contribution is -0.347. The Morgan fingerprint density at radius 3 is 1.06 bits per heavy atom. The summed E-state index contributed by atoms with van der Waals surface area (Å²) in [5.41, 5.74) is 8.37. The highest BCUT2D eigenvalue weighted by atomic mass is 16.8. The molecule has 4 aliphatic rings. The molecule has 0 radical (unpaired) electrons. The molecule has 4 heterocycles. The zero-order chi connectivity index (χ0) is 36.9. The van der Waals surface area contributed by atoms with Gasteiger partial charge >= 0.3 is 0 Å². The SMILES string of the molecule is [N-]=[N+]=NCCO[C@@H]1OC(CO[C@@H]2OC(CO[C@@H]3O[C@H](CO[C@@H]4OC(CO)[C@@H](O)[C@H](O)[C@H]4O)[C@@H](O)[C@H](O)[C@H]3O)[C@@H](O)[C@H](O)[C@H]2O)[C@@H](O)[C@H](O)[C@H]1O. The van der Waals surface area contributed by atoms with Crippen molar-refractivity contribution in [1.82, 2.24) is 0 Å². The van der Waals surface area contributed by atoms with Crippen molar-refractivity contribution in [1.29, 1.82) is 0 Å². The molecular formula is C26H45N3O21. The molecule has 4 aliphatic heterocycles. The molecule has 4 saturated heterocycles. The van der Waals surface area contributed by atoms with E-state index in [-0.39, 0.29) is 13.2 Å². The van der Waals surface area contributed by atoms with Gasteiger partial charge in [0.25, 0.3) is 0 Å². The molecule has 0 aliphatic carbocycles. The van der Waals surface area contributed by atoms with Gasteiger partial charge < -0.3 is 104 Å². The van der Waals surface area contributed by atoms with Crippen molar-refractivity contribution >= 4 is 0 Å². The van der Waals surface area contributed by atoms with Gasteiger partial charge in [0, 0.05) is 11.5 Å². The Kier molecular flexibility index (Phi) is 15.2. The monoisotopic (exact) mass is 735 g/mol. The van der Waals surface area contributed by atoms with Gasteiger partial charge in [0.1, 0.15) is 97.7 Å². The van der Waals surface area contributed by atoms with Crippen LogP contribution in [0.1, 0.15) is 0 Å². The van der Waals surface area contributed by atoms with Gasteiger partial charge in [-0.2, -0.15) is 0 Å². The zero-order valence-corrected chi connectivity index (χ0v) is 26.2. The number of aliphatic hydroxyl groups is 13. The fourth-order valence-electron chi connectivity index (χ4n) is 5.60. The third kappa shape index (κ3) is 9.33. The Bertz CT molecular complexity index is 1090. The van der Waals surface area contributed by atoms with Gasteiger partial charge in [0.15, 0.2) is 25.2 Å². The molecule has 50 heavy (non-hydrogen) atoms. The first kappa shape index (κ1) is 41.2. The van der Waals surface area contributed by atoms with Crippen molar-refractivity contribution < 1.29 is 104 Å².